The van der Waals surface area contributed by atoms with Crippen LogP contribution in [0.4, 0.5) is 10.2 Å². The molecule has 0 amide bonds. The number of fused-ring (bicyclic) bond motifs is 1. The summed E-state index contributed by atoms with van der Waals surface area (Å²) >= 11 is 0. The Kier molecular flexibility index (Phi) is 19.2. The lowest BCUT2D eigenvalue weighted by Crippen LogP contribution is -2.41. The first-order chi connectivity index (χ1) is 27.5. The summed E-state index contributed by atoms with van der Waals surface area (Å²) in [7, 11) is -4.78. The maximum atomic E-state index is 14.0. The van der Waals surface area contributed by atoms with Crippen molar-refractivity contribution in [3.63, 3.8) is 0 Å². The first kappa shape index (κ1) is 46.2. The third-order valence-electron chi connectivity index (χ3n) is 10.1. The molecule has 5 N–H and O–H groups in total. The van der Waals surface area contributed by atoms with E-state index in [2.05, 4.69) is 17.0 Å². The molecule has 3 heterocycles. The average molecular weight is 817 g/mol. The number of hydrogen-bond donors (Lipinski definition) is 4. The van der Waals surface area contributed by atoms with Gasteiger partial charge < -0.3 is 35.1 Å². The van der Waals surface area contributed by atoms with Crippen LogP contribution in [0.15, 0.2) is 36.7 Å². The minimum atomic E-state index is -4.78. The molecule has 1 aromatic carbocycles. The van der Waals surface area contributed by atoms with Crippen molar-refractivity contribution in [2.45, 2.75) is 127 Å². The van der Waals surface area contributed by atoms with Crippen LogP contribution < -0.4 is 5.73 Å². The standard InChI is InChI=1S/C40H58FN6O9P/c1-2-3-4-5-6-7-8-9-10-11-12-13-14-15-18-52-24-32(25-53-23-31-19-30(22-42)20-33(41)21-31)26-54-57(50,51)55-27-35-37(48)38(49)40(28-43,56-35)36-17-16-34-39(44)45-29-46-47(34)36/h16-17,19-21,29,32,35,37-38,48-49H,2-15,18,23-27H2,1H3,(H,50,51)(H2,44,45,46)/t32-,35+,37+,38+,40-/m0/s1. The van der Waals surface area contributed by atoms with Gasteiger partial charge in [-0.25, -0.2) is 18.5 Å². The molecule has 1 aliphatic heterocycles. The smallest absolute Gasteiger partial charge is 0.387 e. The number of nitrogens with zero attached hydrogens (tertiary/aromatic N) is 5. The van der Waals surface area contributed by atoms with Gasteiger partial charge in [-0.15, -0.1) is 0 Å². The molecule has 6 atom stereocenters. The highest BCUT2D eigenvalue weighted by Gasteiger charge is 2.58. The van der Waals surface area contributed by atoms with Crippen molar-refractivity contribution in [1.82, 2.24) is 14.6 Å². The molecule has 0 aliphatic carbocycles. The van der Waals surface area contributed by atoms with Crippen LogP contribution in [0.2, 0.25) is 0 Å². The van der Waals surface area contributed by atoms with Crippen LogP contribution in [0.25, 0.3) is 5.52 Å². The number of hydrogen-bond acceptors (Lipinski definition) is 13. The summed E-state index contributed by atoms with van der Waals surface area (Å²) in [5, 5.41) is 45.2. The van der Waals surface area contributed by atoms with Crippen molar-refractivity contribution in [2.24, 2.45) is 5.92 Å². The van der Waals surface area contributed by atoms with Crippen LogP contribution in [0, 0.1) is 34.4 Å². The van der Waals surface area contributed by atoms with Gasteiger partial charge in [0.2, 0.25) is 5.60 Å². The van der Waals surface area contributed by atoms with Crippen LogP contribution in [0.1, 0.15) is 114 Å². The number of anilines is 1. The summed E-state index contributed by atoms with van der Waals surface area (Å²) in [5.41, 5.74) is 4.78. The second-order valence-electron chi connectivity index (χ2n) is 14.7. The Morgan fingerprint density at radius 2 is 1.60 bits per heavy atom. The lowest BCUT2D eigenvalue weighted by molar-refractivity contribution is -0.0651. The van der Waals surface area contributed by atoms with Gasteiger partial charge in [0.25, 0.3) is 0 Å². The highest BCUT2D eigenvalue weighted by atomic mass is 31.2. The van der Waals surface area contributed by atoms with Gasteiger partial charge in [0.15, 0.2) is 5.82 Å². The van der Waals surface area contributed by atoms with Gasteiger partial charge >= 0.3 is 7.82 Å². The van der Waals surface area contributed by atoms with Crippen LogP contribution in [-0.4, -0.2) is 81.1 Å². The van der Waals surface area contributed by atoms with Crippen LogP contribution >= 0.6 is 7.82 Å². The normalized spacial score (nSPS) is 21.0. The number of ether oxygens (including phenoxy) is 3. The summed E-state index contributed by atoms with van der Waals surface area (Å²) in [6, 6.07) is 10.7. The summed E-state index contributed by atoms with van der Waals surface area (Å²) in [5.74, 6) is -0.997. The fourth-order valence-electron chi connectivity index (χ4n) is 6.89. The van der Waals surface area contributed by atoms with Crippen molar-refractivity contribution in [1.29, 1.82) is 10.5 Å². The van der Waals surface area contributed by atoms with Gasteiger partial charge in [-0.2, -0.15) is 15.6 Å². The van der Waals surface area contributed by atoms with Crippen molar-refractivity contribution in [3.8, 4) is 12.1 Å². The van der Waals surface area contributed by atoms with E-state index in [0.717, 1.165) is 31.7 Å². The number of nitrogens with two attached hydrogens (primary N) is 1. The molecule has 4 rings (SSSR count). The van der Waals surface area contributed by atoms with E-state index in [1.165, 1.54) is 99.4 Å². The first-order valence-electron chi connectivity index (χ1n) is 20.0. The van der Waals surface area contributed by atoms with Crippen molar-refractivity contribution >= 4 is 19.2 Å². The molecular weight excluding hydrogens is 758 g/mol. The largest absolute Gasteiger partial charge is 0.472 e. The van der Waals surface area contributed by atoms with E-state index in [1.807, 2.05) is 12.1 Å². The Balaban J connectivity index is 1.23. The number of nitriles is 2. The molecule has 1 saturated heterocycles. The van der Waals surface area contributed by atoms with Gasteiger partial charge in [0.05, 0.1) is 50.4 Å². The zero-order valence-corrected chi connectivity index (χ0v) is 33.7. The Hall–Kier alpha value is -3.54. The van der Waals surface area contributed by atoms with Gasteiger partial charge in [-0.3, -0.25) is 9.05 Å². The lowest BCUT2D eigenvalue weighted by Gasteiger charge is -2.24. The molecule has 17 heteroatoms. The number of unbranched alkanes of at least 4 members (excludes halogenated alkanes) is 13. The van der Waals surface area contributed by atoms with Crippen molar-refractivity contribution in [2.75, 3.05) is 38.8 Å². The van der Waals surface area contributed by atoms with E-state index in [4.69, 9.17) is 29.0 Å². The van der Waals surface area contributed by atoms with Gasteiger partial charge in [-0.1, -0.05) is 90.4 Å². The van der Waals surface area contributed by atoms with E-state index < -0.39 is 50.1 Å². The maximum absolute atomic E-state index is 14.0. The molecule has 1 unspecified atom stereocenters. The Bertz CT molecular complexity index is 1800. The topological polar surface area (TPSA) is 228 Å². The molecular formula is C40H58FN6O9P. The number of nitrogen functional groups attached to an aromatic ring is 1. The second-order valence-corrected chi connectivity index (χ2v) is 16.1. The minimum Gasteiger partial charge on any atom is -0.387 e. The Morgan fingerprint density at radius 1 is 0.947 bits per heavy atom. The maximum Gasteiger partial charge on any atom is 0.472 e. The molecule has 3 aromatic rings. The summed E-state index contributed by atoms with van der Waals surface area (Å²) in [4.78, 5) is 14.5. The fourth-order valence-corrected chi connectivity index (χ4v) is 7.70. The fraction of sp³-hybridized carbons (Fsp3) is 0.650. The quantitative estimate of drug-likeness (QED) is 0.0446. The van der Waals surface area contributed by atoms with Crippen molar-refractivity contribution < 1.29 is 47.3 Å². The number of halogens is 1. The number of phosphoric acid groups is 1. The van der Waals surface area contributed by atoms with Gasteiger partial charge in [0, 0.05) is 12.5 Å². The number of aliphatic hydroxyl groups is 2. The SMILES string of the molecule is CCCCCCCCCCCCCCCCOC[C@@H](COCc1cc(F)cc(C#N)c1)COP(=O)(O)OC[C@H]1O[C@@](C#N)(c2ccc3c(N)ncnn23)[C@H](O)[C@@H]1O. The Morgan fingerprint density at radius 3 is 2.25 bits per heavy atom. The van der Waals surface area contributed by atoms with Crippen LogP contribution in [-0.2, 0) is 40.0 Å². The van der Waals surface area contributed by atoms with E-state index in [1.54, 1.807) is 0 Å². The van der Waals surface area contributed by atoms with E-state index in [-0.39, 0.29) is 43.5 Å². The number of aliphatic hydroxyl groups excluding tert-OH is 2. The molecule has 15 nitrogen and oxygen atoms in total. The number of rotatable bonds is 28. The summed E-state index contributed by atoms with van der Waals surface area (Å²) in [6.45, 7) is 1.80. The molecule has 0 spiro atoms. The average Bonchev–Trinajstić information content (AvgIpc) is 3.75. The third-order valence-corrected chi connectivity index (χ3v) is 11.0. The molecule has 1 fully saturated rings. The number of aromatic nitrogens is 3. The lowest BCUT2D eigenvalue weighted by atomic mass is 9.92. The summed E-state index contributed by atoms with van der Waals surface area (Å²) < 4.78 is 56.2. The van der Waals surface area contributed by atoms with Gasteiger partial charge in [0.1, 0.15) is 42.0 Å². The highest BCUT2D eigenvalue weighted by Crippen LogP contribution is 2.46. The first-order valence-corrected chi connectivity index (χ1v) is 21.5. The molecule has 0 radical (unpaired) electrons. The van der Waals surface area contributed by atoms with Crippen LogP contribution in [0.5, 0.6) is 0 Å². The molecule has 314 valence electrons. The van der Waals surface area contributed by atoms with Crippen molar-refractivity contribution in [3.05, 3.63) is 59.3 Å². The predicted octanol–water partition coefficient (Wildman–Crippen LogP) is 6.63. The predicted molar refractivity (Wildman–Crippen MR) is 209 cm³/mol. The Labute approximate surface area is 334 Å². The molecule has 0 bridgehead atoms. The molecule has 1 aliphatic rings. The zero-order chi connectivity index (χ0) is 41.1. The monoisotopic (exact) mass is 816 g/mol. The van der Waals surface area contributed by atoms with Gasteiger partial charge in [-0.05, 0) is 42.3 Å². The highest BCUT2D eigenvalue weighted by molar-refractivity contribution is 7.47. The van der Waals surface area contributed by atoms with E-state index >= 15 is 0 Å². The minimum absolute atomic E-state index is 0.0117. The molecule has 57 heavy (non-hydrogen) atoms. The van der Waals surface area contributed by atoms with E-state index in [0.29, 0.717) is 17.7 Å². The summed E-state index contributed by atoms with van der Waals surface area (Å²) in [6.07, 6.45) is 13.6. The van der Waals surface area contributed by atoms with E-state index in [9.17, 15) is 34.6 Å². The molecule has 0 saturated carbocycles. The van der Waals surface area contributed by atoms with Crippen LogP contribution in [0.3, 0.4) is 0 Å². The third kappa shape index (κ3) is 14.1. The number of benzene rings is 1. The zero-order valence-electron chi connectivity index (χ0n) is 32.8. The number of phosphoric ester groups is 1. The second kappa shape index (κ2) is 23.8. The molecule has 2 aromatic heterocycles.